The van der Waals surface area contributed by atoms with Gasteiger partial charge in [0.25, 0.3) is 0 Å². The lowest BCUT2D eigenvalue weighted by molar-refractivity contribution is 0.0814. The van der Waals surface area contributed by atoms with Crippen LogP contribution in [-0.2, 0) is 5.41 Å². The lowest BCUT2D eigenvalue weighted by atomic mass is 9.67. The van der Waals surface area contributed by atoms with Crippen molar-refractivity contribution in [3.05, 3.63) is 148 Å². The van der Waals surface area contributed by atoms with Crippen LogP contribution in [0, 0.1) is 52.8 Å². The zero-order valence-corrected chi connectivity index (χ0v) is 39.4. The number of hydrogen-bond acceptors (Lipinski definition) is 4. The van der Waals surface area contributed by atoms with Crippen LogP contribution in [0.15, 0.2) is 147 Å². The second kappa shape index (κ2) is 17.1. The molecule has 11 rings (SSSR count). The summed E-state index contributed by atoms with van der Waals surface area (Å²) >= 11 is 0. The van der Waals surface area contributed by atoms with Crippen LogP contribution in [-0.4, -0.2) is 61.3 Å². The standard InChI is InChI=1S/C60H72N4/c1-6-60(7-2)53-28-40(15-16-42-27-46-21-19-43(32-56(46)61-35-42)49-31-45-12-8-9-13-55(45)62-37-49)17-23-51(53)52-24-18-41(29-54(52)60)26-39(3)48-30-47-22-20-44(33-57(47)63-36-48)50-34-59(4)25-11-10-14-58(59)64(5)38-50/h10-11,14-25,27-30,33,36,39,42-43,45,47,49-50,52,54,57-58H,6-9,12-13,26,31-32,34-35,37-38H2,1-5H3. The molecule has 10 aliphatic rings. The lowest BCUT2D eigenvalue weighted by Gasteiger charge is -2.49. The first-order chi connectivity index (χ1) is 31.2. The first kappa shape index (κ1) is 42.2. The van der Waals surface area contributed by atoms with Crippen molar-refractivity contribution in [3.8, 4) is 0 Å². The molecule has 0 amide bonds. The first-order valence-corrected chi connectivity index (χ1v) is 25.6. The van der Waals surface area contributed by atoms with Crippen LogP contribution in [0.1, 0.15) is 115 Å². The molecule has 0 radical (unpaired) electrons. The van der Waals surface area contributed by atoms with E-state index in [0.717, 1.165) is 51.2 Å². The van der Waals surface area contributed by atoms with Gasteiger partial charge in [0.1, 0.15) is 0 Å². The quantitative estimate of drug-likeness (QED) is 0.244. The van der Waals surface area contributed by atoms with Gasteiger partial charge in [-0.25, -0.2) is 0 Å². The predicted molar refractivity (Wildman–Crippen MR) is 270 cm³/mol. The topological polar surface area (TPSA) is 40.3 Å². The SMILES string of the molecule is CCC1(CC)c2cc(C=CC3C=C4C=CC(C5CN=C6CCCCC6C5)CC4=NC3)ccc2C2C=CC(CC(C)C3=CC4C=CC(C5CN(C)C6C=CC=CC6(C)C5)=CC4N=C3)=CC21. The summed E-state index contributed by atoms with van der Waals surface area (Å²) in [5, 5.41) is 0. The molecule has 4 nitrogen and oxygen atoms in total. The predicted octanol–water partition coefficient (Wildman–Crippen LogP) is 13.2. The van der Waals surface area contributed by atoms with Gasteiger partial charge < -0.3 is 0 Å². The van der Waals surface area contributed by atoms with Gasteiger partial charge in [-0.15, -0.1) is 0 Å². The minimum atomic E-state index is 0.145. The number of likely N-dealkylation sites (N-methyl/N-ethyl adjacent to an activating group) is 1. The Morgan fingerprint density at radius 1 is 0.922 bits per heavy atom. The van der Waals surface area contributed by atoms with Crippen molar-refractivity contribution in [2.45, 2.75) is 115 Å². The summed E-state index contributed by atoms with van der Waals surface area (Å²) in [4.78, 5) is 18.1. The lowest BCUT2D eigenvalue weighted by Crippen LogP contribution is -2.51. The van der Waals surface area contributed by atoms with Gasteiger partial charge in [-0.2, -0.15) is 0 Å². The Morgan fingerprint density at radius 2 is 1.83 bits per heavy atom. The van der Waals surface area contributed by atoms with E-state index in [9.17, 15) is 0 Å². The number of dihydropyridines is 2. The summed E-state index contributed by atoms with van der Waals surface area (Å²) < 4.78 is 0. The van der Waals surface area contributed by atoms with Crippen molar-refractivity contribution in [2.75, 3.05) is 26.7 Å². The van der Waals surface area contributed by atoms with Crippen LogP contribution in [0.25, 0.3) is 6.08 Å². The Hall–Kier alpha value is -4.41. The Kier molecular flexibility index (Phi) is 11.3. The Morgan fingerprint density at radius 3 is 2.72 bits per heavy atom. The van der Waals surface area contributed by atoms with Gasteiger partial charge in [-0.1, -0.05) is 155 Å². The first-order valence-electron chi connectivity index (χ1n) is 25.6. The zero-order valence-electron chi connectivity index (χ0n) is 39.4. The van der Waals surface area contributed by atoms with Crippen molar-refractivity contribution < 1.29 is 0 Å². The average molecular weight is 849 g/mol. The van der Waals surface area contributed by atoms with Gasteiger partial charge in [-0.05, 0) is 134 Å². The van der Waals surface area contributed by atoms with Gasteiger partial charge in [0.2, 0.25) is 0 Å². The summed E-state index contributed by atoms with van der Waals surface area (Å²) in [6.45, 7) is 12.7. The molecule has 1 aromatic rings. The fraction of sp³-hybridized carbons (Fsp3) is 0.517. The highest BCUT2D eigenvalue weighted by atomic mass is 15.2. The van der Waals surface area contributed by atoms with E-state index in [4.69, 9.17) is 15.0 Å². The maximum absolute atomic E-state index is 5.22. The highest BCUT2D eigenvalue weighted by molar-refractivity contribution is 6.04. The summed E-state index contributed by atoms with van der Waals surface area (Å²) in [5.74, 6) is 4.59. The summed E-state index contributed by atoms with van der Waals surface area (Å²) in [7, 11) is 2.30. The van der Waals surface area contributed by atoms with Gasteiger partial charge in [-0.3, -0.25) is 19.9 Å². The number of fused-ring (bicyclic) bond motifs is 7. The van der Waals surface area contributed by atoms with Crippen LogP contribution >= 0.6 is 0 Å². The third-order valence-corrected chi connectivity index (χ3v) is 18.2. The number of allylic oxidation sites excluding steroid dienone is 11. The van der Waals surface area contributed by atoms with Crippen molar-refractivity contribution in [1.29, 1.82) is 0 Å². The van der Waals surface area contributed by atoms with E-state index in [1.165, 1.54) is 83.4 Å². The van der Waals surface area contributed by atoms with E-state index in [2.05, 4.69) is 161 Å². The molecular formula is C60H72N4. The number of hydrogen-bond donors (Lipinski definition) is 0. The fourth-order valence-corrected chi connectivity index (χ4v) is 14.4. The maximum Gasteiger partial charge on any atom is 0.0783 e. The minimum Gasteiger partial charge on any atom is -0.298 e. The number of likely N-dealkylation sites (tertiary alicyclic amines) is 1. The normalized spacial score (nSPS) is 37.2. The molecular weight excluding hydrogens is 777 g/mol. The van der Waals surface area contributed by atoms with Gasteiger partial charge >= 0.3 is 0 Å². The third kappa shape index (κ3) is 7.62. The van der Waals surface area contributed by atoms with Crippen LogP contribution < -0.4 is 0 Å². The molecule has 12 atom stereocenters. The van der Waals surface area contributed by atoms with Crippen molar-refractivity contribution in [1.82, 2.24) is 4.90 Å². The average Bonchev–Trinajstić information content (AvgIpc) is 3.60. The Balaban J connectivity index is 0.738. The molecule has 0 aromatic heterocycles. The van der Waals surface area contributed by atoms with Crippen molar-refractivity contribution in [3.63, 3.8) is 0 Å². The van der Waals surface area contributed by atoms with Crippen LogP contribution in [0.4, 0.5) is 0 Å². The molecule has 1 saturated carbocycles. The molecule has 332 valence electrons. The highest BCUT2D eigenvalue weighted by Gasteiger charge is 2.49. The molecule has 4 aliphatic heterocycles. The molecule has 1 saturated heterocycles. The maximum atomic E-state index is 5.22. The zero-order chi connectivity index (χ0) is 43.6. The van der Waals surface area contributed by atoms with E-state index in [1.54, 1.807) is 5.56 Å². The molecule has 0 spiro atoms. The number of nitrogens with zero attached hydrogens (tertiary/aromatic N) is 4. The van der Waals surface area contributed by atoms with E-state index >= 15 is 0 Å². The number of aliphatic imine (C=N–C) groups is 3. The molecule has 1 aromatic carbocycles. The molecule has 0 bridgehead atoms. The molecule has 4 heteroatoms. The molecule has 0 N–H and O–H groups in total. The number of rotatable bonds is 9. The molecule has 2 fully saturated rings. The largest absolute Gasteiger partial charge is 0.298 e. The molecule has 4 heterocycles. The van der Waals surface area contributed by atoms with Crippen molar-refractivity contribution in [2.24, 2.45) is 67.7 Å². The number of benzene rings is 1. The molecule has 12 unspecified atom stereocenters. The second-order valence-electron chi connectivity index (χ2n) is 22.0. The fourth-order valence-electron chi connectivity index (χ4n) is 14.4. The smallest absolute Gasteiger partial charge is 0.0783 e. The minimum absolute atomic E-state index is 0.145. The summed E-state index contributed by atoms with van der Waals surface area (Å²) in [5.41, 5.74) is 13.3. The van der Waals surface area contributed by atoms with E-state index in [-0.39, 0.29) is 16.9 Å². The summed E-state index contributed by atoms with van der Waals surface area (Å²) in [6, 6.07) is 8.08. The van der Waals surface area contributed by atoms with Crippen molar-refractivity contribution >= 4 is 23.7 Å². The van der Waals surface area contributed by atoms with Crippen LogP contribution in [0.3, 0.4) is 0 Å². The monoisotopic (exact) mass is 849 g/mol. The van der Waals surface area contributed by atoms with E-state index < -0.39 is 0 Å². The van der Waals surface area contributed by atoms with Gasteiger partial charge in [0, 0.05) is 71.9 Å². The van der Waals surface area contributed by atoms with Crippen LogP contribution in [0.5, 0.6) is 0 Å². The highest BCUT2D eigenvalue weighted by Crippen LogP contribution is 2.57. The molecule has 64 heavy (non-hydrogen) atoms. The van der Waals surface area contributed by atoms with E-state index in [0.29, 0.717) is 53.4 Å². The number of piperidine rings is 1. The van der Waals surface area contributed by atoms with Crippen LogP contribution in [0.2, 0.25) is 0 Å². The second-order valence-corrected chi connectivity index (χ2v) is 22.0. The Bertz CT molecular complexity index is 2430. The summed E-state index contributed by atoms with van der Waals surface area (Å²) in [6.07, 6.45) is 53.6. The molecule has 6 aliphatic carbocycles. The van der Waals surface area contributed by atoms with E-state index in [1.807, 2.05) is 0 Å². The van der Waals surface area contributed by atoms with Gasteiger partial charge in [0.15, 0.2) is 0 Å². The third-order valence-electron chi connectivity index (χ3n) is 18.2. The van der Waals surface area contributed by atoms with Gasteiger partial charge in [0.05, 0.1) is 6.04 Å². The Labute approximate surface area is 385 Å².